The number of anilines is 3. The molecular weight excluding hydrogens is 323 g/mol. The van der Waals surface area contributed by atoms with E-state index in [4.69, 9.17) is 10.5 Å². The van der Waals surface area contributed by atoms with Crippen molar-refractivity contribution >= 4 is 33.0 Å². The summed E-state index contributed by atoms with van der Waals surface area (Å²) >= 11 is 3.52. The van der Waals surface area contributed by atoms with Crippen LogP contribution in [0, 0.1) is 19.7 Å². The highest BCUT2D eigenvalue weighted by molar-refractivity contribution is 9.10. The Hall–Kier alpha value is -1.75. The first-order valence-corrected chi connectivity index (χ1v) is 6.88. The molecule has 0 aliphatic heterocycles. The highest BCUT2D eigenvalue weighted by Gasteiger charge is 2.09. The van der Waals surface area contributed by atoms with Crippen molar-refractivity contribution in [3.63, 3.8) is 0 Å². The van der Waals surface area contributed by atoms with E-state index < -0.39 is 5.82 Å². The largest absolute Gasteiger partial charge is 0.494 e. The summed E-state index contributed by atoms with van der Waals surface area (Å²) in [6.45, 7) is 4.02. The first-order chi connectivity index (χ1) is 9.42. The van der Waals surface area contributed by atoms with E-state index in [2.05, 4.69) is 21.2 Å². The molecule has 0 saturated heterocycles. The van der Waals surface area contributed by atoms with Crippen LogP contribution in [-0.4, -0.2) is 7.11 Å². The maximum absolute atomic E-state index is 13.5. The first kappa shape index (κ1) is 14.7. The summed E-state index contributed by atoms with van der Waals surface area (Å²) in [6, 6.07) is 6.79. The van der Waals surface area contributed by atoms with Gasteiger partial charge in [-0.05, 0) is 37.1 Å². The van der Waals surface area contributed by atoms with Crippen molar-refractivity contribution in [3.05, 3.63) is 45.7 Å². The summed E-state index contributed by atoms with van der Waals surface area (Å²) in [5.41, 5.74) is 9.90. The molecule has 5 heteroatoms. The standard InChI is InChI=1S/C15H16BrFN2O/c1-8-4-10(5-9(2)15(8)16)19-13-7-14(20-3)11(17)6-12(13)18/h4-7,19H,18H2,1-3H3. The molecule has 2 aromatic rings. The number of nitrogens with two attached hydrogens (primary N) is 1. The summed E-state index contributed by atoms with van der Waals surface area (Å²) in [5.74, 6) is -0.314. The minimum atomic E-state index is -0.473. The minimum Gasteiger partial charge on any atom is -0.494 e. The van der Waals surface area contributed by atoms with Crippen LogP contribution >= 0.6 is 15.9 Å². The number of nitrogen functional groups attached to an aromatic ring is 1. The lowest BCUT2D eigenvalue weighted by Crippen LogP contribution is -2.00. The van der Waals surface area contributed by atoms with Gasteiger partial charge in [0.25, 0.3) is 0 Å². The van der Waals surface area contributed by atoms with Crippen LogP contribution in [0.25, 0.3) is 0 Å². The number of benzene rings is 2. The van der Waals surface area contributed by atoms with Crippen LogP contribution in [0.4, 0.5) is 21.5 Å². The molecule has 20 heavy (non-hydrogen) atoms. The number of hydrogen-bond acceptors (Lipinski definition) is 3. The molecule has 0 aliphatic carbocycles. The third-order valence-electron chi connectivity index (χ3n) is 3.04. The summed E-state index contributed by atoms with van der Waals surface area (Å²) in [5, 5.41) is 3.19. The Morgan fingerprint density at radius 3 is 2.30 bits per heavy atom. The van der Waals surface area contributed by atoms with Crippen LogP contribution in [0.1, 0.15) is 11.1 Å². The normalized spacial score (nSPS) is 10.4. The van der Waals surface area contributed by atoms with Crippen LogP contribution in [0.2, 0.25) is 0 Å². The molecule has 3 N–H and O–H groups in total. The van der Waals surface area contributed by atoms with Crippen LogP contribution in [0.3, 0.4) is 0 Å². The van der Waals surface area contributed by atoms with Gasteiger partial charge >= 0.3 is 0 Å². The Kier molecular flexibility index (Phi) is 4.18. The van der Waals surface area contributed by atoms with Crippen molar-refractivity contribution in [1.29, 1.82) is 0 Å². The lowest BCUT2D eigenvalue weighted by Gasteiger charge is -2.14. The third-order valence-corrected chi connectivity index (χ3v) is 4.29. The van der Waals surface area contributed by atoms with E-state index in [0.29, 0.717) is 11.4 Å². The molecule has 0 radical (unpaired) electrons. The maximum atomic E-state index is 13.5. The van der Waals surface area contributed by atoms with Gasteiger partial charge in [0.1, 0.15) is 0 Å². The Balaban J connectivity index is 2.39. The fraction of sp³-hybridized carbons (Fsp3) is 0.200. The predicted molar refractivity (Wildman–Crippen MR) is 84.3 cm³/mol. The Morgan fingerprint density at radius 1 is 1.15 bits per heavy atom. The van der Waals surface area contributed by atoms with E-state index in [1.807, 2.05) is 26.0 Å². The molecule has 0 amide bonds. The van der Waals surface area contributed by atoms with Crippen LogP contribution < -0.4 is 15.8 Å². The Morgan fingerprint density at radius 2 is 1.75 bits per heavy atom. The van der Waals surface area contributed by atoms with Crippen molar-refractivity contribution in [1.82, 2.24) is 0 Å². The second-order valence-electron chi connectivity index (χ2n) is 4.62. The Labute approximate surface area is 126 Å². The summed E-state index contributed by atoms with van der Waals surface area (Å²) in [6.07, 6.45) is 0. The summed E-state index contributed by atoms with van der Waals surface area (Å²) in [4.78, 5) is 0. The zero-order chi connectivity index (χ0) is 14.9. The summed E-state index contributed by atoms with van der Waals surface area (Å²) in [7, 11) is 1.42. The second-order valence-corrected chi connectivity index (χ2v) is 5.42. The SMILES string of the molecule is COc1cc(Nc2cc(C)c(Br)c(C)c2)c(N)cc1F. The highest BCUT2D eigenvalue weighted by Crippen LogP contribution is 2.32. The zero-order valence-electron chi connectivity index (χ0n) is 11.6. The van der Waals surface area contributed by atoms with Gasteiger partial charge < -0.3 is 15.8 Å². The number of hydrogen-bond donors (Lipinski definition) is 2. The Bertz CT molecular complexity index is 636. The van der Waals surface area contributed by atoms with Gasteiger partial charge in [-0.15, -0.1) is 0 Å². The predicted octanol–water partition coefficient (Wildman–Crippen LogP) is 4.54. The monoisotopic (exact) mass is 338 g/mol. The van der Waals surface area contributed by atoms with E-state index in [0.717, 1.165) is 21.3 Å². The molecule has 0 fully saturated rings. The van der Waals surface area contributed by atoms with Gasteiger partial charge in [0, 0.05) is 22.3 Å². The van der Waals surface area contributed by atoms with Gasteiger partial charge in [-0.2, -0.15) is 0 Å². The van der Waals surface area contributed by atoms with Gasteiger partial charge in [0.05, 0.1) is 18.5 Å². The molecule has 0 heterocycles. The molecule has 0 atom stereocenters. The van der Waals surface area contributed by atoms with Gasteiger partial charge in [-0.1, -0.05) is 15.9 Å². The van der Waals surface area contributed by atoms with Gasteiger partial charge in [-0.3, -0.25) is 0 Å². The van der Waals surface area contributed by atoms with Gasteiger partial charge in [0.15, 0.2) is 11.6 Å². The average Bonchev–Trinajstić information content (AvgIpc) is 2.39. The average molecular weight is 339 g/mol. The first-order valence-electron chi connectivity index (χ1n) is 6.09. The van der Waals surface area contributed by atoms with Gasteiger partial charge in [0.2, 0.25) is 0 Å². The fourth-order valence-corrected chi connectivity index (χ4v) is 2.24. The quantitative estimate of drug-likeness (QED) is 0.807. The third kappa shape index (κ3) is 2.88. The van der Waals surface area contributed by atoms with E-state index in [1.165, 1.54) is 13.2 Å². The smallest absolute Gasteiger partial charge is 0.167 e. The van der Waals surface area contributed by atoms with Crippen molar-refractivity contribution < 1.29 is 9.13 Å². The molecule has 0 bridgehead atoms. The molecule has 106 valence electrons. The lowest BCUT2D eigenvalue weighted by atomic mass is 10.1. The van der Waals surface area contributed by atoms with Gasteiger partial charge in [-0.25, -0.2) is 4.39 Å². The zero-order valence-corrected chi connectivity index (χ0v) is 13.1. The molecule has 0 aliphatic rings. The molecule has 2 rings (SSSR count). The molecule has 0 unspecified atom stereocenters. The molecule has 0 saturated carbocycles. The number of aryl methyl sites for hydroxylation is 2. The van der Waals surface area contributed by atoms with Crippen molar-refractivity contribution in [2.75, 3.05) is 18.2 Å². The number of methoxy groups -OCH3 is 1. The number of rotatable bonds is 3. The number of ether oxygens (including phenoxy) is 1. The molecule has 0 aromatic heterocycles. The molecule has 0 spiro atoms. The molecule has 2 aromatic carbocycles. The summed E-state index contributed by atoms with van der Waals surface area (Å²) < 4.78 is 19.6. The second kappa shape index (κ2) is 5.71. The lowest BCUT2D eigenvalue weighted by molar-refractivity contribution is 0.387. The van der Waals surface area contributed by atoms with Crippen LogP contribution in [0.5, 0.6) is 5.75 Å². The fourth-order valence-electron chi connectivity index (χ4n) is 2.01. The molecule has 3 nitrogen and oxygen atoms in total. The van der Waals surface area contributed by atoms with E-state index in [-0.39, 0.29) is 5.75 Å². The molecular formula is C15H16BrFN2O. The number of nitrogens with one attached hydrogen (secondary N) is 1. The van der Waals surface area contributed by atoms with Crippen LogP contribution in [0.15, 0.2) is 28.7 Å². The van der Waals surface area contributed by atoms with Crippen molar-refractivity contribution in [3.8, 4) is 5.75 Å². The number of halogens is 2. The van der Waals surface area contributed by atoms with Crippen LogP contribution in [-0.2, 0) is 0 Å². The van der Waals surface area contributed by atoms with E-state index in [9.17, 15) is 4.39 Å². The minimum absolute atomic E-state index is 0.159. The van der Waals surface area contributed by atoms with E-state index >= 15 is 0 Å². The topological polar surface area (TPSA) is 47.3 Å². The highest BCUT2D eigenvalue weighted by atomic mass is 79.9. The van der Waals surface area contributed by atoms with E-state index in [1.54, 1.807) is 6.07 Å². The van der Waals surface area contributed by atoms with Crippen molar-refractivity contribution in [2.24, 2.45) is 0 Å². The van der Waals surface area contributed by atoms with Crippen molar-refractivity contribution in [2.45, 2.75) is 13.8 Å². The maximum Gasteiger partial charge on any atom is 0.167 e.